The number of fused-ring (bicyclic) bond motifs is 3. The van der Waals surface area contributed by atoms with E-state index in [2.05, 4.69) is 30.5 Å². The molecule has 3 N–H and O–H groups in total. The van der Waals surface area contributed by atoms with Gasteiger partial charge in [-0.25, -0.2) is 14.8 Å². The number of anilines is 2. The topological polar surface area (TPSA) is 184 Å². The number of piperazine rings is 1. The van der Waals surface area contributed by atoms with Crippen LogP contribution in [0.15, 0.2) is 91.0 Å². The Morgan fingerprint density at radius 2 is 1.61 bits per heavy atom. The standard InChI is InChI=1S/C53H55N9O7S/c1-33-36(37-17-19-46(55-49(37)52(66)67)62-24-21-34-9-5-11-38(41(34)32-62)50(64)57-53-54-42-12-3-4-14-45(42)70-53)10-6-13-44(33)69-30-8-23-61-27-25-60(26-28-61)22-7-29-68-35-15-16-39-43(31-35)59(2)58-48(39)40-18-20-47(63)56-51(40)65/h3-6,9-17,19,31,40H,7-8,18,20-30,32H2,1-2H3,(H,66,67)(H,54,57,64)(H,56,63,65). The van der Waals surface area contributed by atoms with Gasteiger partial charge in [0, 0.05) is 88.4 Å². The molecule has 2 saturated heterocycles. The molecule has 3 aliphatic heterocycles. The predicted octanol–water partition coefficient (Wildman–Crippen LogP) is 7.44. The van der Waals surface area contributed by atoms with Crippen molar-refractivity contribution in [2.45, 2.75) is 51.5 Å². The maximum Gasteiger partial charge on any atom is 0.355 e. The first-order valence-corrected chi connectivity index (χ1v) is 24.8. The minimum absolute atomic E-state index is 0.0387. The normalized spacial score (nSPS) is 16.6. The quantitative estimate of drug-likeness (QED) is 0.0642. The van der Waals surface area contributed by atoms with Crippen molar-refractivity contribution in [2.24, 2.45) is 7.05 Å². The van der Waals surface area contributed by atoms with Crippen LogP contribution in [0.4, 0.5) is 10.9 Å². The Morgan fingerprint density at radius 1 is 0.843 bits per heavy atom. The SMILES string of the molecule is Cc1c(OCCCN2CCN(CCCOc3ccc4c(C5CCC(=O)NC5=O)nn(C)c4c3)CC2)cccc1-c1ccc(N2CCc3cccc(C(=O)Nc4nc5ccccc5s4)c3C2)nc1C(=O)O. The number of aromatic carboxylic acids is 1. The van der Waals surface area contributed by atoms with Gasteiger partial charge >= 0.3 is 5.97 Å². The smallest absolute Gasteiger partial charge is 0.355 e. The average Bonchev–Trinajstić information content (AvgIpc) is 3.93. The first kappa shape index (κ1) is 46.5. The molecule has 70 heavy (non-hydrogen) atoms. The van der Waals surface area contributed by atoms with Gasteiger partial charge < -0.3 is 29.3 Å². The number of hydrogen-bond donors (Lipinski definition) is 3. The van der Waals surface area contributed by atoms with E-state index in [1.54, 1.807) is 4.68 Å². The molecule has 3 aromatic heterocycles. The van der Waals surface area contributed by atoms with Crippen molar-refractivity contribution in [1.29, 1.82) is 0 Å². The number of pyridine rings is 1. The molecule has 16 nitrogen and oxygen atoms in total. The lowest BCUT2D eigenvalue weighted by Gasteiger charge is -2.34. The van der Waals surface area contributed by atoms with E-state index in [0.717, 1.165) is 101 Å². The number of benzene rings is 4. The van der Waals surface area contributed by atoms with Crippen molar-refractivity contribution in [2.75, 3.05) is 69.2 Å². The second-order valence-corrected chi connectivity index (χ2v) is 19.2. The molecular weight excluding hydrogens is 907 g/mol. The summed E-state index contributed by atoms with van der Waals surface area (Å²) >= 11 is 1.43. The maximum atomic E-state index is 13.6. The maximum absolute atomic E-state index is 13.6. The Balaban J connectivity index is 0.687. The molecule has 17 heteroatoms. The third kappa shape index (κ3) is 9.95. The molecule has 4 aromatic carbocycles. The third-order valence-electron chi connectivity index (χ3n) is 13.7. The fourth-order valence-electron chi connectivity index (χ4n) is 9.90. The molecule has 0 aliphatic carbocycles. The number of aromatic nitrogens is 4. The van der Waals surface area contributed by atoms with E-state index in [1.807, 2.05) is 110 Å². The van der Waals surface area contributed by atoms with Gasteiger partial charge in [-0.2, -0.15) is 5.10 Å². The van der Waals surface area contributed by atoms with Crippen LogP contribution in [0.5, 0.6) is 11.5 Å². The van der Waals surface area contributed by atoms with E-state index in [0.29, 0.717) is 79.1 Å². The number of nitrogens with one attached hydrogen (secondary N) is 2. The molecule has 2 fully saturated rings. The molecule has 3 amide bonds. The molecule has 3 aliphatic rings. The summed E-state index contributed by atoms with van der Waals surface area (Å²) in [7, 11) is 1.86. The zero-order valence-electron chi connectivity index (χ0n) is 39.3. The summed E-state index contributed by atoms with van der Waals surface area (Å²) in [5.74, 6) is -0.305. The van der Waals surface area contributed by atoms with Crippen LogP contribution >= 0.6 is 11.3 Å². The van der Waals surface area contributed by atoms with Gasteiger partial charge in [0.25, 0.3) is 5.91 Å². The van der Waals surface area contributed by atoms with Gasteiger partial charge in [-0.15, -0.1) is 0 Å². The first-order chi connectivity index (χ1) is 34.1. The molecule has 6 heterocycles. The minimum Gasteiger partial charge on any atom is -0.493 e. The molecule has 0 saturated carbocycles. The highest BCUT2D eigenvalue weighted by molar-refractivity contribution is 7.22. The lowest BCUT2D eigenvalue weighted by molar-refractivity contribution is -0.134. The zero-order chi connectivity index (χ0) is 48.3. The predicted molar refractivity (Wildman–Crippen MR) is 269 cm³/mol. The van der Waals surface area contributed by atoms with E-state index in [-0.39, 0.29) is 23.4 Å². The first-order valence-electron chi connectivity index (χ1n) is 23.9. The van der Waals surface area contributed by atoms with Crippen molar-refractivity contribution in [3.8, 4) is 22.6 Å². The van der Waals surface area contributed by atoms with Crippen LogP contribution < -0.4 is 25.0 Å². The number of nitrogens with zero attached hydrogens (tertiary/aromatic N) is 7. The molecule has 0 spiro atoms. The van der Waals surface area contributed by atoms with E-state index in [1.165, 1.54) is 11.3 Å². The summed E-state index contributed by atoms with van der Waals surface area (Å²) in [6.45, 7) is 9.91. The molecule has 1 atom stereocenters. The second kappa shape index (κ2) is 20.4. The second-order valence-electron chi connectivity index (χ2n) is 18.1. The minimum atomic E-state index is -1.12. The Bertz CT molecular complexity index is 3090. The van der Waals surface area contributed by atoms with Gasteiger partial charge in [-0.1, -0.05) is 47.7 Å². The lowest BCUT2D eigenvalue weighted by atomic mass is 9.93. The summed E-state index contributed by atoms with van der Waals surface area (Å²) in [4.78, 5) is 66.9. The zero-order valence-corrected chi connectivity index (χ0v) is 40.1. The van der Waals surface area contributed by atoms with Gasteiger partial charge in [0.1, 0.15) is 17.3 Å². The number of thiazole rings is 1. The number of carbonyl (C=O) groups excluding carboxylic acids is 3. The van der Waals surface area contributed by atoms with Crippen LogP contribution in [0.2, 0.25) is 0 Å². The number of carboxylic acids is 1. The number of aryl methyl sites for hydroxylation is 1. The lowest BCUT2D eigenvalue weighted by Crippen LogP contribution is -2.47. The van der Waals surface area contributed by atoms with Gasteiger partial charge in [-0.05, 0) is 103 Å². The Labute approximate surface area is 409 Å². The number of carbonyl (C=O) groups is 4. The van der Waals surface area contributed by atoms with Crippen LogP contribution in [0.25, 0.3) is 32.2 Å². The van der Waals surface area contributed by atoms with Crippen molar-refractivity contribution in [3.63, 3.8) is 0 Å². The number of amides is 3. The van der Waals surface area contributed by atoms with E-state index < -0.39 is 11.9 Å². The van der Waals surface area contributed by atoms with Gasteiger partial charge in [0.2, 0.25) is 11.8 Å². The summed E-state index contributed by atoms with van der Waals surface area (Å²) < 4.78 is 15.2. The van der Waals surface area contributed by atoms with Crippen LogP contribution in [0.1, 0.15) is 74.8 Å². The number of carboxylic acid groups (broad SMARTS) is 1. The highest BCUT2D eigenvalue weighted by Gasteiger charge is 2.32. The van der Waals surface area contributed by atoms with E-state index in [9.17, 15) is 24.3 Å². The molecular formula is C53H55N9O7S. The Kier molecular flexibility index (Phi) is 13.6. The molecule has 360 valence electrons. The fourth-order valence-corrected chi connectivity index (χ4v) is 10.8. The highest BCUT2D eigenvalue weighted by atomic mass is 32.1. The number of para-hydroxylation sites is 1. The van der Waals surface area contributed by atoms with Crippen molar-refractivity contribution in [3.05, 3.63) is 125 Å². The van der Waals surface area contributed by atoms with E-state index >= 15 is 0 Å². The molecule has 1 unspecified atom stereocenters. The largest absolute Gasteiger partial charge is 0.493 e. The van der Waals surface area contributed by atoms with Gasteiger partial charge in [0.05, 0.1) is 40.6 Å². The number of rotatable bonds is 16. The summed E-state index contributed by atoms with van der Waals surface area (Å²) in [6, 6.07) is 28.8. The Morgan fingerprint density at radius 3 is 2.39 bits per heavy atom. The average molecular weight is 962 g/mol. The van der Waals surface area contributed by atoms with Crippen LogP contribution in [-0.2, 0) is 29.6 Å². The summed E-state index contributed by atoms with van der Waals surface area (Å²) in [5, 5.41) is 22.0. The molecule has 0 bridgehead atoms. The third-order valence-corrected chi connectivity index (χ3v) is 14.6. The molecule has 10 rings (SSSR count). The van der Waals surface area contributed by atoms with Crippen LogP contribution in [0.3, 0.4) is 0 Å². The molecule has 7 aromatic rings. The van der Waals surface area contributed by atoms with Crippen LogP contribution in [-0.4, -0.2) is 117 Å². The molecule has 0 radical (unpaired) electrons. The monoisotopic (exact) mass is 961 g/mol. The number of imide groups is 1. The summed E-state index contributed by atoms with van der Waals surface area (Å²) in [5.41, 5.74) is 7.03. The van der Waals surface area contributed by atoms with Crippen molar-refractivity contribution >= 4 is 67.1 Å². The highest BCUT2D eigenvalue weighted by Crippen LogP contribution is 2.36. The summed E-state index contributed by atoms with van der Waals surface area (Å²) in [6.07, 6.45) is 3.21. The van der Waals surface area contributed by atoms with Gasteiger partial charge in [-0.3, -0.25) is 29.7 Å². The number of piperidine rings is 1. The Hall–Kier alpha value is -7.21. The number of hydrogen-bond acceptors (Lipinski definition) is 13. The van der Waals surface area contributed by atoms with Crippen LogP contribution in [0, 0.1) is 6.92 Å². The number of ether oxygens (including phenoxy) is 2. The fraction of sp³-hybridized carbons (Fsp3) is 0.340. The van der Waals surface area contributed by atoms with Crippen molar-refractivity contribution < 1.29 is 33.8 Å². The van der Waals surface area contributed by atoms with Gasteiger partial charge in [0.15, 0.2) is 10.8 Å². The van der Waals surface area contributed by atoms with E-state index in [4.69, 9.17) is 14.5 Å². The van der Waals surface area contributed by atoms with Crippen molar-refractivity contribution in [1.82, 2.24) is 34.9 Å².